The molecule has 1 aromatic heterocycles. The minimum atomic E-state index is -0.294. The van der Waals surface area contributed by atoms with Crippen molar-refractivity contribution in [2.45, 2.75) is 13.8 Å². The zero-order valence-electron chi connectivity index (χ0n) is 13.2. The van der Waals surface area contributed by atoms with Gasteiger partial charge in [0, 0.05) is 5.56 Å². The van der Waals surface area contributed by atoms with E-state index in [1.165, 1.54) is 12.1 Å². The molecule has 5 heteroatoms. The zero-order chi connectivity index (χ0) is 16.9. The van der Waals surface area contributed by atoms with Crippen LogP contribution in [0.3, 0.4) is 0 Å². The second-order valence-corrected chi connectivity index (χ2v) is 5.21. The molecule has 4 nitrogen and oxygen atoms in total. The van der Waals surface area contributed by atoms with E-state index in [0.717, 1.165) is 16.8 Å². The highest BCUT2D eigenvalue weighted by molar-refractivity contribution is 5.46. The Morgan fingerprint density at radius 2 is 1.79 bits per heavy atom. The molecular formula is C19H14FN3O. The van der Waals surface area contributed by atoms with E-state index in [1.807, 2.05) is 32.0 Å². The van der Waals surface area contributed by atoms with Gasteiger partial charge in [-0.05, 0) is 67.8 Å². The molecule has 118 valence electrons. The van der Waals surface area contributed by atoms with Gasteiger partial charge < -0.3 is 4.74 Å². The Kier molecular flexibility index (Phi) is 4.48. The highest BCUT2D eigenvalue weighted by atomic mass is 19.1. The van der Waals surface area contributed by atoms with Gasteiger partial charge in [-0.15, -0.1) is 5.10 Å². The molecule has 0 N–H and O–H groups in total. The van der Waals surface area contributed by atoms with Crippen molar-refractivity contribution in [2.24, 2.45) is 0 Å². The van der Waals surface area contributed by atoms with E-state index < -0.39 is 0 Å². The van der Waals surface area contributed by atoms with Gasteiger partial charge in [0.2, 0.25) is 5.82 Å². The molecule has 0 bridgehead atoms. The minimum absolute atomic E-state index is 0.294. The maximum atomic E-state index is 12.9. The number of aryl methyl sites for hydroxylation is 2. The number of hydrogen-bond acceptors (Lipinski definition) is 4. The number of hydrogen-bond donors (Lipinski definition) is 0. The fourth-order valence-corrected chi connectivity index (χ4v) is 2.04. The summed E-state index contributed by atoms with van der Waals surface area (Å²) in [5, 5.41) is 7.69. The molecule has 0 amide bonds. The van der Waals surface area contributed by atoms with Crippen molar-refractivity contribution in [1.82, 2.24) is 15.2 Å². The average Bonchev–Trinajstić information content (AvgIpc) is 2.57. The van der Waals surface area contributed by atoms with Gasteiger partial charge in [-0.3, -0.25) is 0 Å². The van der Waals surface area contributed by atoms with Crippen LogP contribution in [0.5, 0.6) is 11.5 Å². The third-order valence-electron chi connectivity index (χ3n) is 3.21. The Morgan fingerprint density at radius 1 is 1.00 bits per heavy atom. The number of rotatable bonds is 2. The Balaban J connectivity index is 1.79. The van der Waals surface area contributed by atoms with Crippen LogP contribution in [0.25, 0.3) is 0 Å². The predicted octanol–water partition coefficient (Wildman–Crippen LogP) is 3.82. The van der Waals surface area contributed by atoms with Crippen LogP contribution in [0, 0.1) is 31.5 Å². The van der Waals surface area contributed by atoms with Crippen LogP contribution in [-0.2, 0) is 0 Å². The summed E-state index contributed by atoms with van der Waals surface area (Å²) in [5.41, 5.74) is 2.52. The highest BCUT2D eigenvalue weighted by Crippen LogP contribution is 2.25. The summed E-state index contributed by atoms with van der Waals surface area (Å²) >= 11 is 0. The smallest absolute Gasteiger partial charge is 0.226 e. The van der Waals surface area contributed by atoms with E-state index in [9.17, 15) is 4.39 Å². The van der Waals surface area contributed by atoms with Crippen molar-refractivity contribution in [1.29, 1.82) is 0 Å². The maximum absolute atomic E-state index is 12.9. The van der Waals surface area contributed by atoms with Crippen LogP contribution in [0.1, 0.15) is 22.6 Å². The molecule has 1 heterocycles. The minimum Gasteiger partial charge on any atom is -0.457 e. The van der Waals surface area contributed by atoms with Crippen molar-refractivity contribution in [3.63, 3.8) is 0 Å². The van der Waals surface area contributed by atoms with Crippen LogP contribution in [-0.4, -0.2) is 15.2 Å². The molecule has 0 fully saturated rings. The largest absolute Gasteiger partial charge is 0.457 e. The van der Waals surface area contributed by atoms with Gasteiger partial charge in [0.25, 0.3) is 0 Å². The first-order chi connectivity index (χ1) is 11.6. The summed E-state index contributed by atoms with van der Waals surface area (Å²) in [4.78, 5) is 4.19. The molecular weight excluding hydrogens is 305 g/mol. The maximum Gasteiger partial charge on any atom is 0.226 e. The summed E-state index contributed by atoms with van der Waals surface area (Å²) < 4.78 is 18.7. The molecule has 0 saturated heterocycles. The first-order valence-electron chi connectivity index (χ1n) is 7.32. The zero-order valence-corrected chi connectivity index (χ0v) is 13.2. The SMILES string of the molecule is Cc1cnnc(C#Cc2ccc(Oc3ccc(F)cc3)c(C)c2)n1. The van der Waals surface area contributed by atoms with Gasteiger partial charge in [-0.1, -0.05) is 5.92 Å². The lowest BCUT2D eigenvalue weighted by Gasteiger charge is -2.08. The number of ether oxygens (including phenoxy) is 1. The summed E-state index contributed by atoms with van der Waals surface area (Å²) in [7, 11) is 0. The molecule has 0 aliphatic heterocycles. The van der Waals surface area contributed by atoms with Gasteiger partial charge >= 0.3 is 0 Å². The van der Waals surface area contributed by atoms with Gasteiger partial charge in [0.1, 0.15) is 17.3 Å². The van der Waals surface area contributed by atoms with E-state index in [4.69, 9.17) is 4.74 Å². The fraction of sp³-hybridized carbons (Fsp3) is 0.105. The van der Waals surface area contributed by atoms with Crippen molar-refractivity contribution < 1.29 is 9.13 Å². The third-order valence-corrected chi connectivity index (χ3v) is 3.21. The molecule has 0 aliphatic rings. The summed E-state index contributed by atoms with van der Waals surface area (Å²) in [6.07, 6.45) is 1.58. The standard InChI is InChI=1S/C19H14FN3O/c1-13-11-15(4-10-19-22-14(2)12-21-23-19)3-9-18(13)24-17-7-5-16(20)6-8-17/h3,5-9,11-12H,1-2H3. The Bertz CT molecular complexity index is 927. The first-order valence-corrected chi connectivity index (χ1v) is 7.32. The lowest BCUT2D eigenvalue weighted by Crippen LogP contribution is -1.94. The van der Waals surface area contributed by atoms with Crippen LogP contribution in [0.4, 0.5) is 4.39 Å². The number of halogens is 1. The Morgan fingerprint density at radius 3 is 2.50 bits per heavy atom. The molecule has 0 atom stereocenters. The fourth-order valence-electron chi connectivity index (χ4n) is 2.04. The molecule has 24 heavy (non-hydrogen) atoms. The molecule has 0 radical (unpaired) electrons. The van der Waals surface area contributed by atoms with Crippen molar-refractivity contribution in [3.8, 4) is 23.3 Å². The van der Waals surface area contributed by atoms with Crippen molar-refractivity contribution in [3.05, 3.63) is 77.1 Å². The molecule has 3 rings (SSSR count). The molecule has 0 unspecified atom stereocenters. The molecule has 3 aromatic rings. The van der Waals surface area contributed by atoms with Crippen molar-refractivity contribution in [2.75, 3.05) is 0 Å². The highest BCUT2D eigenvalue weighted by Gasteiger charge is 2.03. The van der Waals surface area contributed by atoms with E-state index in [-0.39, 0.29) is 5.82 Å². The van der Waals surface area contributed by atoms with Gasteiger partial charge in [0.15, 0.2) is 0 Å². The molecule has 0 spiro atoms. The Hall–Kier alpha value is -3.26. The van der Waals surface area contributed by atoms with E-state index >= 15 is 0 Å². The molecule has 0 aliphatic carbocycles. The summed E-state index contributed by atoms with van der Waals surface area (Å²) in [6, 6.07) is 11.5. The first kappa shape index (κ1) is 15.6. The van der Waals surface area contributed by atoms with Crippen LogP contribution in [0.15, 0.2) is 48.7 Å². The van der Waals surface area contributed by atoms with Crippen molar-refractivity contribution >= 4 is 0 Å². The van der Waals surface area contributed by atoms with Crippen LogP contribution in [0.2, 0.25) is 0 Å². The topological polar surface area (TPSA) is 47.9 Å². The van der Waals surface area contributed by atoms with Gasteiger partial charge in [-0.2, -0.15) is 5.10 Å². The van der Waals surface area contributed by atoms with E-state index in [0.29, 0.717) is 17.3 Å². The average molecular weight is 319 g/mol. The summed E-state index contributed by atoms with van der Waals surface area (Å²) in [6.45, 7) is 3.76. The third kappa shape index (κ3) is 3.93. The van der Waals surface area contributed by atoms with Crippen LogP contribution < -0.4 is 4.74 Å². The second-order valence-electron chi connectivity index (χ2n) is 5.21. The molecule has 2 aromatic carbocycles. The van der Waals surface area contributed by atoms with Gasteiger partial charge in [0.05, 0.1) is 11.9 Å². The van der Waals surface area contributed by atoms with Gasteiger partial charge in [-0.25, -0.2) is 9.37 Å². The molecule has 0 saturated carbocycles. The monoisotopic (exact) mass is 319 g/mol. The quantitative estimate of drug-likeness (QED) is 0.674. The number of aromatic nitrogens is 3. The van der Waals surface area contributed by atoms with E-state index in [1.54, 1.807) is 18.3 Å². The lowest BCUT2D eigenvalue weighted by atomic mass is 10.1. The number of benzene rings is 2. The predicted molar refractivity (Wildman–Crippen MR) is 88.2 cm³/mol. The van der Waals surface area contributed by atoms with E-state index in [2.05, 4.69) is 27.0 Å². The normalized spacial score (nSPS) is 9.96. The summed E-state index contributed by atoms with van der Waals surface area (Å²) in [5.74, 6) is 7.26. The number of nitrogens with zero attached hydrogens (tertiary/aromatic N) is 3. The Labute approximate surface area is 139 Å². The lowest BCUT2D eigenvalue weighted by molar-refractivity contribution is 0.477. The van der Waals surface area contributed by atoms with Crippen LogP contribution >= 0.6 is 0 Å². The second kappa shape index (κ2) is 6.88.